The summed E-state index contributed by atoms with van der Waals surface area (Å²) in [6.07, 6.45) is 2.11. The number of fused-ring (bicyclic) bond motifs is 1. The molecule has 2 aromatic rings. The number of amides is 1. The van der Waals surface area contributed by atoms with Crippen molar-refractivity contribution in [3.63, 3.8) is 0 Å². The van der Waals surface area contributed by atoms with Crippen LogP contribution in [0.15, 0.2) is 9.95 Å². The second-order valence-corrected chi connectivity index (χ2v) is 8.86. The minimum absolute atomic E-state index is 0.00122. The Morgan fingerprint density at radius 2 is 2.20 bits per heavy atom. The highest BCUT2D eigenvalue weighted by Gasteiger charge is 2.27. The van der Waals surface area contributed by atoms with Gasteiger partial charge in [-0.1, -0.05) is 11.8 Å². The average Bonchev–Trinajstić information content (AvgIpc) is 3.32. The summed E-state index contributed by atoms with van der Waals surface area (Å²) in [6, 6.07) is 0.323. The molecule has 2 aromatic heterocycles. The predicted octanol–water partition coefficient (Wildman–Crippen LogP) is 2.48. The molecule has 1 saturated carbocycles. The standard InChI is InChI=1S/C17H23N3O3S2/c1-9-10(2)24-15-13(9)16(22)20(7-8-23-4)17(19-15)25-11(3)14(21)18-12-5-6-12/h11-12H,5-8H2,1-4H3,(H,18,21)/t11-/m0/s1. The third-order valence-corrected chi connectivity index (χ3v) is 6.54. The predicted molar refractivity (Wildman–Crippen MR) is 102 cm³/mol. The van der Waals surface area contributed by atoms with Crippen molar-refractivity contribution in [2.75, 3.05) is 13.7 Å². The zero-order valence-corrected chi connectivity index (χ0v) is 16.6. The molecule has 136 valence electrons. The molecule has 1 aliphatic rings. The molecular formula is C17H23N3O3S2. The van der Waals surface area contributed by atoms with Crippen LogP contribution >= 0.6 is 23.1 Å². The number of nitrogens with one attached hydrogen (secondary N) is 1. The van der Waals surface area contributed by atoms with Gasteiger partial charge in [-0.25, -0.2) is 4.98 Å². The van der Waals surface area contributed by atoms with Gasteiger partial charge in [0.1, 0.15) is 4.83 Å². The maximum Gasteiger partial charge on any atom is 0.263 e. The maximum atomic E-state index is 13.0. The van der Waals surface area contributed by atoms with E-state index in [0.29, 0.717) is 29.7 Å². The Kier molecular flexibility index (Phi) is 5.50. The number of nitrogens with zero attached hydrogens (tertiary/aromatic N) is 2. The first kappa shape index (κ1) is 18.4. The van der Waals surface area contributed by atoms with Crippen LogP contribution in [-0.2, 0) is 16.1 Å². The summed E-state index contributed by atoms with van der Waals surface area (Å²) < 4.78 is 6.78. The van der Waals surface area contributed by atoms with Gasteiger partial charge < -0.3 is 10.1 Å². The molecule has 0 aromatic carbocycles. The summed E-state index contributed by atoms with van der Waals surface area (Å²) in [5.41, 5.74) is 0.931. The number of ether oxygens (including phenoxy) is 1. The molecule has 8 heteroatoms. The number of aryl methyl sites for hydroxylation is 2. The van der Waals surface area contributed by atoms with E-state index < -0.39 is 0 Å². The van der Waals surface area contributed by atoms with Crippen LogP contribution in [0.5, 0.6) is 0 Å². The third-order valence-electron chi connectivity index (χ3n) is 4.35. The van der Waals surface area contributed by atoms with Gasteiger partial charge in [0.15, 0.2) is 5.16 Å². The molecule has 6 nitrogen and oxygen atoms in total. The fourth-order valence-corrected chi connectivity index (χ4v) is 4.55. The lowest BCUT2D eigenvalue weighted by Gasteiger charge is -2.15. The van der Waals surface area contributed by atoms with E-state index in [-0.39, 0.29) is 16.7 Å². The molecule has 0 aliphatic heterocycles. The highest BCUT2D eigenvalue weighted by molar-refractivity contribution is 8.00. The number of carbonyl (C=O) groups is 1. The second kappa shape index (κ2) is 7.47. The minimum Gasteiger partial charge on any atom is -0.383 e. The summed E-state index contributed by atoms with van der Waals surface area (Å²) >= 11 is 2.86. The molecular weight excluding hydrogens is 358 g/mol. The Morgan fingerprint density at radius 3 is 2.84 bits per heavy atom. The number of thioether (sulfide) groups is 1. The molecule has 0 spiro atoms. The molecule has 0 radical (unpaired) electrons. The van der Waals surface area contributed by atoms with Gasteiger partial charge >= 0.3 is 0 Å². The van der Waals surface area contributed by atoms with Crippen molar-refractivity contribution in [1.29, 1.82) is 0 Å². The van der Waals surface area contributed by atoms with Gasteiger partial charge in [0.2, 0.25) is 5.91 Å². The number of hydrogen-bond donors (Lipinski definition) is 1. The summed E-state index contributed by atoms with van der Waals surface area (Å²) in [4.78, 5) is 31.8. The Hall–Kier alpha value is -1.38. The molecule has 1 fully saturated rings. The van der Waals surface area contributed by atoms with Gasteiger partial charge in [-0.2, -0.15) is 0 Å². The van der Waals surface area contributed by atoms with Gasteiger partial charge in [-0.05, 0) is 39.2 Å². The quantitative estimate of drug-likeness (QED) is 0.589. The number of carbonyl (C=O) groups excluding carboxylic acids is 1. The molecule has 1 N–H and O–H groups in total. The smallest absolute Gasteiger partial charge is 0.263 e. The van der Waals surface area contributed by atoms with Crippen molar-refractivity contribution >= 4 is 39.2 Å². The van der Waals surface area contributed by atoms with Crippen molar-refractivity contribution in [2.24, 2.45) is 0 Å². The van der Waals surface area contributed by atoms with E-state index >= 15 is 0 Å². The van der Waals surface area contributed by atoms with E-state index in [1.165, 1.54) is 23.1 Å². The Bertz CT molecular complexity index is 855. The summed E-state index contributed by atoms with van der Waals surface area (Å²) in [6.45, 7) is 6.65. The van der Waals surface area contributed by atoms with Crippen molar-refractivity contribution in [2.45, 2.75) is 56.6 Å². The Balaban J connectivity index is 1.96. The fraction of sp³-hybridized carbons (Fsp3) is 0.588. The van der Waals surface area contributed by atoms with Crippen LogP contribution in [0.2, 0.25) is 0 Å². The maximum absolute atomic E-state index is 13.0. The van der Waals surface area contributed by atoms with E-state index in [1.54, 1.807) is 11.7 Å². The first-order valence-corrected chi connectivity index (χ1v) is 10.1. The lowest BCUT2D eigenvalue weighted by atomic mass is 10.2. The van der Waals surface area contributed by atoms with Crippen molar-refractivity contribution in [3.05, 3.63) is 20.8 Å². The van der Waals surface area contributed by atoms with Crippen LogP contribution in [0.25, 0.3) is 10.2 Å². The van der Waals surface area contributed by atoms with Gasteiger partial charge in [0.05, 0.1) is 23.8 Å². The van der Waals surface area contributed by atoms with E-state index in [1.807, 2.05) is 20.8 Å². The monoisotopic (exact) mass is 381 g/mol. The number of aromatic nitrogens is 2. The zero-order valence-electron chi connectivity index (χ0n) is 14.9. The molecule has 1 amide bonds. The SMILES string of the molecule is COCCn1c(S[C@@H](C)C(=O)NC2CC2)nc2sc(C)c(C)c2c1=O. The molecule has 0 saturated heterocycles. The average molecular weight is 382 g/mol. The van der Waals surface area contributed by atoms with Crippen LogP contribution < -0.4 is 10.9 Å². The van der Waals surface area contributed by atoms with Crippen molar-refractivity contribution < 1.29 is 9.53 Å². The molecule has 0 bridgehead atoms. The second-order valence-electron chi connectivity index (χ2n) is 6.35. The number of methoxy groups -OCH3 is 1. The van der Waals surface area contributed by atoms with Crippen molar-refractivity contribution in [1.82, 2.24) is 14.9 Å². The summed E-state index contributed by atoms with van der Waals surface area (Å²) in [5.74, 6) is -0.00122. The molecule has 1 aliphatic carbocycles. The topological polar surface area (TPSA) is 73.2 Å². The van der Waals surface area contributed by atoms with E-state index in [9.17, 15) is 9.59 Å². The number of rotatable bonds is 7. The van der Waals surface area contributed by atoms with Gasteiger partial charge in [-0.3, -0.25) is 14.2 Å². The van der Waals surface area contributed by atoms with E-state index in [2.05, 4.69) is 5.32 Å². The van der Waals surface area contributed by atoms with Gasteiger partial charge in [-0.15, -0.1) is 11.3 Å². The van der Waals surface area contributed by atoms with E-state index in [4.69, 9.17) is 9.72 Å². The Morgan fingerprint density at radius 1 is 1.48 bits per heavy atom. The highest BCUT2D eigenvalue weighted by Crippen LogP contribution is 2.30. The van der Waals surface area contributed by atoms with Crippen molar-refractivity contribution in [3.8, 4) is 0 Å². The molecule has 0 unspecified atom stereocenters. The molecule has 3 rings (SSSR count). The zero-order chi connectivity index (χ0) is 18.1. The third kappa shape index (κ3) is 3.91. The highest BCUT2D eigenvalue weighted by atomic mass is 32.2. The number of thiophene rings is 1. The lowest BCUT2D eigenvalue weighted by molar-refractivity contribution is -0.120. The first-order chi connectivity index (χ1) is 11.9. The molecule has 1 atom stereocenters. The van der Waals surface area contributed by atoms with Crippen LogP contribution in [0.3, 0.4) is 0 Å². The summed E-state index contributed by atoms with van der Waals surface area (Å²) in [7, 11) is 1.61. The fourth-order valence-electron chi connectivity index (χ4n) is 2.54. The Labute approximate surface area is 155 Å². The van der Waals surface area contributed by atoms with Crippen LogP contribution in [0.1, 0.15) is 30.2 Å². The molecule has 2 heterocycles. The van der Waals surface area contributed by atoms with Crippen LogP contribution in [0, 0.1) is 13.8 Å². The van der Waals surface area contributed by atoms with Gasteiger partial charge in [0, 0.05) is 18.0 Å². The largest absolute Gasteiger partial charge is 0.383 e. The summed E-state index contributed by atoms with van der Waals surface area (Å²) in [5, 5.41) is 3.96. The van der Waals surface area contributed by atoms with Gasteiger partial charge in [0.25, 0.3) is 5.56 Å². The van der Waals surface area contributed by atoms with Crippen LogP contribution in [0.4, 0.5) is 0 Å². The van der Waals surface area contributed by atoms with Crippen LogP contribution in [-0.4, -0.2) is 40.5 Å². The normalized spacial score (nSPS) is 15.5. The van der Waals surface area contributed by atoms with E-state index in [0.717, 1.165) is 28.1 Å². The number of hydrogen-bond acceptors (Lipinski definition) is 6. The molecule has 25 heavy (non-hydrogen) atoms. The minimum atomic E-state index is -0.305. The first-order valence-electron chi connectivity index (χ1n) is 8.39. The lowest BCUT2D eigenvalue weighted by Crippen LogP contribution is -2.33.